The van der Waals surface area contributed by atoms with Gasteiger partial charge in [0, 0.05) is 12.8 Å². The third kappa shape index (κ3) is 8.79. The lowest BCUT2D eigenvalue weighted by Gasteiger charge is -2.17. The molecule has 0 aliphatic rings. The molecule has 124 valence electrons. The number of ketones is 2. The Morgan fingerprint density at radius 2 is 1.48 bits per heavy atom. The van der Waals surface area contributed by atoms with Gasteiger partial charge in [-0.1, -0.05) is 0 Å². The highest BCUT2D eigenvalue weighted by atomic mass is 16.2. The van der Waals surface area contributed by atoms with Gasteiger partial charge >= 0.3 is 12.4 Å². The molecule has 0 aromatic rings. The Labute approximate surface area is 131 Å². The van der Waals surface area contributed by atoms with Crippen LogP contribution in [0, 0.1) is 0 Å². The molecule has 0 unspecified atom stereocenters. The number of hydrogen-bond acceptors (Lipinski definition) is 5. The molecule has 0 spiro atoms. The molecule has 0 saturated carbocycles. The van der Waals surface area contributed by atoms with Gasteiger partial charge in [-0.15, -0.1) is 0 Å². The van der Waals surface area contributed by atoms with Crippen LogP contribution in [0.3, 0.4) is 0 Å². The fraction of sp³-hybridized carbons (Fsp3) is 0.500. The summed E-state index contributed by atoms with van der Waals surface area (Å²) in [7, 11) is 0. The molecule has 0 aliphatic heterocycles. The maximum Gasteiger partial charge on any atom is 0.323 e. The summed E-state index contributed by atoms with van der Waals surface area (Å²) in [5, 5.41) is 2.28. The molecular formula is C12H17N7O4. The van der Waals surface area contributed by atoms with Crippen molar-refractivity contribution in [3.63, 3.8) is 0 Å². The molecule has 2 atom stereocenters. The zero-order chi connectivity index (χ0) is 17.8. The van der Waals surface area contributed by atoms with Gasteiger partial charge in [0.1, 0.15) is 6.04 Å². The average Bonchev–Trinajstić information content (AvgIpc) is 2.49. The summed E-state index contributed by atoms with van der Waals surface area (Å²) in [6.07, 6.45) is 0.947. The molecule has 2 amide bonds. The third-order valence-electron chi connectivity index (χ3n) is 2.78. The van der Waals surface area contributed by atoms with Gasteiger partial charge in [-0.3, -0.25) is 19.2 Å². The molecule has 5 N–H and O–H groups in total. The van der Waals surface area contributed by atoms with Crippen LogP contribution in [0.2, 0.25) is 0 Å². The molecular weight excluding hydrogens is 306 g/mol. The number of nitrogens with zero attached hydrogens (tertiary/aromatic N) is 4. The second kappa shape index (κ2) is 10.7. The smallest absolute Gasteiger partial charge is 0.323 e. The number of nitrogens with one attached hydrogen (secondary N) is 1. The minimum atomic E-state index is -1.13. The number of carbonyl (C=O) groups is 4. The van der Waals surface area contributed by atoms with Gasteiger partial charge in [0.25, 0.3) is 0 Å². The minimum absolute atomic E-state index is 0.0295. The van der Waals surface area contributed by atoms with Crippen molar-refractivity contribution in [1.82, 2.24) is 5.32 Å². The van der Waals surface area contributed by atoms with Crippen LogP contribution in [0.15, 0.2) is 0 Å². The highest BCUT2D eigenvalue weighted by Gasteiger charge is 2.23. The number of primary amides is 1. The van der Waals surface area contributed by atoms with Crippen LogP contribution >= 0.6 is 0 Å². The minimum Gasteiger partial charge on any atom is -0.368 e. The van der Waals surface area contributed by atoms with E-state index in [4.69, 9.17) is 22.5 Å². The van der Waals surface area contributed by atoms with E-state index < -0.39 is 35.5 Å². The van der Waals surface area contributed by atoms with Gasteiger partial charge in [-0.25, -0.2) is 0 Å². The average molecular weight is 323 g/mol. The Bertz CT molecular complexity index is 576. The van der Waals surface area contributed by atoms with E-state index in [1.807, 2.05) is 0 Å². The molecule has 0 rings (SSSR count). The van der Waals surface area contributed by atoms with Gasteiger partial charge in [0.15, 0.2) is 0 Å². The fourth-order valence-electron chi connectivity index (χ4n) is 1.54. The van der Waals surface area contributed by atoms with Crippen LogP contribution in [-0.2, 0) is 19.2 Å². The summed E-state index contributed by atoms with van der Waals surface area (Å²) in [4.78, 5) is 50.4. The zero-order valence-electron chi connectivity index (χ0n) is 12.2. The van der Waals surface area contributed by atoms with Crippen molar-refractivity contribution in [3.8, 4) is 0 Å². The van der Waals surface area contributed by atoms with Crippen molar-refractivity contribution < 1.29 is 28.8 Å². The van der Waals surface area contributed by atoms with E-state index in [2.05, 4.69) is 14.9 Å². The Hall–Kier alpha value is -3.00. The Morgan fingerprint density at radius 3 is 1.91 bits per heavy atom. The SMILES string of the molecule is [N-]=[N+]=CC(=O)CC[C@H](NC(=O)[C@@H](N)CCC(=O)C=[N+]=[N-])C(N)=O. The van der Waals surface area contributed by atoms with Crippen LogP contribution in [-0.4, -0.2) is 57.5 Å². The summed E-state index contributed by atoms with van der Waals surface area (Å²) in [5.41, 5.74) is 27.0. The maximum absolute atomic E-state index is 11.8. The molecule has 0 fully saturated rings. The van der Waals surface area contributed by atoms with Crippen LogP contribution in [0.5, 0.6) is 0 Å². The summed E-state index contributed by atoms with van der Waals surface area (Å²) < 4.78 is 0. The van der Waals surface area contributed by atoms with Crippen molar-refractivity contribution in [1.29, 1.82) is 0 Å². The fourth-order valence-corrected chi connectivity index (χ4v) is 1.54. The number of carbonyl (C=O) groups excluding carboxylic acids is 4. The first-order valence-corrected chi connectivity index (χ1v) is 6.57. The predicted octanol–water partition coefficient (Wildman–Crippen LogP) is -2.42. The second-order valence-corrected chi connectivity index (χ2v) is 4.57. The molecule has 0 aliphatic carbocycles. The van der Waals surface area contributed by atoms with Crippen LogP contribution in [0.4, 0.5) is 0 Å². The lowest BCUT2D eigenvalue weighted by Crippen LogP contribution is -2.50. The van der Waals surface area contributed by atoms with E-state index in [-0.39, 0.29) is 25.7 Å². The predicted molar refractivity (Wildman–Crippen MR) is 76.9 cm³/mol. The summed E-state index contributed by atoms with van der Waals surface area (Å²) in [6, 6.07) is -2.21. The van der Waals surface area contributed by atoms with Gasteiger partial charge < -0.3 is 27.8 Å². The topological polar surface area (TPSA) is 205 Å². The zero-order valence-corrected chi connectivity index (χ0v) is 12.2. The van der Waals surface area contributed by atoms with Crippen molar-refractivity contribution in [2.45, 2.75) is 37.8 Å². The quantitative estimate of drug-likeness (QED) is 0.215. The molecule has 0 saturated heterocycles. The Balaban J connectivity index is 4.51. The second-order valence-electron chi connectivity index (χ2n) is 4.57. The van der Waals surface area contributed by atoms with Crippen molar-refractivity contribution in [2.75, 3.05) is 0 Å². The van der Waals surface area contributed by atoms with E-state index >= 15 is 0 Å². The number of hydrogen-bond donors (Lipinski definition) is 3. The van der Waals surface area contributed by atoms with Gasteiger partial charge in [-0.2, -0.15) is 9.58 Å². The molecule has 0 aromatic carbocycles. The maximum atomic E-state index is 11.8. The molecule has 0 bridgehead atoms. The lowest BCUT2D eigenvalue weighted by molar-refractivity contribution is -0.129. The van der Waals surface area contributed by atoms with E-state index in [1.54, 1.807) is 0 Å². The Kier molecular flexibility index (Phi) is 9.29. The molecule has 0 aromatic heterocycles. The standard InChI is InChI=1S/C12H17N7O4/c13-9(3-1-7(20)5-17-15)12(23)19-10(11(14)22)4-2-8(21)6-18-16/h5-6,9-10H,1-4,13H2,(H2,14,22)(H,19,23)/t9-,10-/m0/s1. The lowest BCUT2D eigenvalue weighted by atomic mass is 10.1. The highest BCUT2D eigenvalue weighted by molar-refractivity contribution is 6.25. The third-order valence-corrected chi connectivity index (χ3v) is 2.78. The first-order chi connectivity index (χ1) is 10.8. The first kappa shape index (κ1) is 20.0. The Morgan fingerprint density at radius 1 is 1.00 bits per heavy atom. The number of Topliss-reactive ketones (excluding diaryl/α,β-unsaturated/α-hetero) is 2. The van der Waals surface area contributed by atoms with Crippen LogP contribution in [0.1, 0.15) is 25.7 Å². The monoisotopic (exact) mass is 323 g/mol. The van der Waals surface area contributed by atoms with Gasteiger partial charge in [0.2, 0.25) is 23.4 Å². The molecule has 11 heteroatoms. The summed E-state index contributed by atoms with van der Waals surface area (Å²) >= 11 is 0. The molecule has 23 heavy (non-hydrogen) atoms. The van der Waals surface area contributed by atoms with Crippen LogP contribution in [0.25, 0.3) is 11.1 Å². The van der Waals surface area contributed by atoms with E-state index in [9.17, 15) is 19.2 Å². The number of amides is 2. The van der Waals surface area contributed by atoms with Crippen molar-refractivity contribution in [2.24, 2.45) is 11.5 Å². The van der Waals surface area contributed by atoms with Gasteiger partial charge in [0.05, 0.1) is 6.04 Å². The number of rotatable bonds is 11. The summed E-state index contributed by atoms with van der Waals surface area (Å²) in [6.45, 7) is 0. The van der Waals surface area contributed by atoms with E-state index in [1.165, 1.54) is 0 Å². The van der Waals surface area contributed by atoms with Crippen molar-refractivity contribution in [3.05, 3.63) is 11.1 Å². The van der Waals surface area contributed by atoms with Crippen molar-refractivity contribution >= 4 is 35.8 Å². The van der Waals surface area contributed by atoms with Crippen LogP contribution < -0.4 is 16.8 Å². The summed E-state index contributed by atoms with van der Waals surface area (Å²) in [5.74, 6) is -2.64. The number of nitrogens with two attached hydrogens (primary N) is 2. The van der Waals surface area contributed by atoms with E-state index in [0.29, 0.717) is 12.4 Å². The highest BCUT2D eigenvalue weighted by Crippen LogP contribution is 2.00. The molecule has 0 heterocycles. The normalized spacial score (nSPS) is 12.0. The molecule has 0 radical (unpaired) electrons. The molecule has 11 nitrogen and oxygen atoms in total. The van der Waals surface area contributed by atoms with E-state index in [0.717, 1.165) is 0 Å². The van der Waals surface area contributed by atoms with Gasteiger partial charge in [-0.05, 0) is 12.8 Å². The first-order valence-electron chi connectivity index (χ1n) is 6.57. The largest absolute Gasteiger partial charge is 0.368 e.